The minimum Gasteiger partial charge on any atom is -0.370 e. The lowest BCUT2D eigenvalue weighted by molar-refractivity contribution is -0.119. The van der Waals surface area contributed by atoms with Gasteiger partial charge in [-0.05, 0) is 25.2 Å². The normalized spacial score (nSPS) is 21.8. The fourth-order valence-corrected chi connectivity index (χ4v) is 1.88. The van der Waals surface area contributed by atoms with Gasteiger partial charge in [0.2, 0.25) is 5.91 Å². The molecule has 1 atom stereocenters. The zero-order valence-corrected chi connectivity index (χ0v) is 7.68. The molecule has 1 saturated carbocycles. The zero-order valence-electron chi connectivity index (χ0n) is 7.68. The Kier molecular flexibility index (Phi) is 2.73. The van der Waals surface area contributed by atoms with Crippen molar-refractivity contribution in [2.45, 2.75) is 44.6 Å². The van der Waals surface area contributed by atoms with Crippen LogP contribution in [0, 0.1) is 5.92 Å². The third-order valence-electron chi connectivity index (χ3n) is 2.61. The lowest BCUT2D eigenvalue weighted by atomic mass is 9.86. The lowest BCUT2D eigenvalue weighted by Crippen LogP contribution is -2.45. The fourth-order valence-electron chi connectivity index (χ4n) is 1.88. The van der Waals surface area contributed by atoms with Crippen LogP contribution in [0.1, 0.15) is 39.0 Å². The molecule has 1 rings (SSSR count). The van der Waals surface area contributed by atoms with Gasteiger partial charge in [-0.25, -0.2) is 0 Å². The van der Waals surface area contributed by atoms with Crippen LogP contribution in [0.2, 0.25) is 0 Å². The SMILES string of the molecule is CCCC(N)(CC(N)=O)C1CC1. The number of rotatable bonds is 5. The average Bonchev–Trinajstić information content (AvgIpc) is 2.65. The Morgan fingerprint density at radius 3 is 2.50 bits per heavy atom. The van der Waals surface area contributed by atoms with E-state index in [1.807, 2.05) is 0 Å². The third-order valence-corrected chi connectivity index (χ3v) is 2.61. The molecular formula is C9H18N2O. The Bertz CT molecular complexity index is 177. The summed E-state index contributed by atoms with van der Waals surface area (Å²) in [6.45, 7) is 2.09. The van der Waals surface area contributed by atoms with Gasteiger partial charge in [-0.15, -0.1) is 0 Å². The van der Waals surface area contributed by atoms with Crippen LogP contribution in [0.4, 0.5) is 0 Å². The summed E-state index contributed by atoms with van der Waals surface area (Å²) in [7, 11) is 0. The minimum absolute atomic E-state index is 0.266. The van der Waals surface area contributed by atoms with Crippen LogP contribution in [0.25, 0.3) is 0 Å². The first kappa shape index (κ1) is 9.52. The van der Waals surface area contributed by atoms with Crippen LogP contribution >= 0.6 is 0 Å². The molecule has 0 aromatic heterocycles. The molecule has 1 aliphatic rings. The molecule has 1 unspecified atom stereocenters. The van der Waals surface area contributed by atoms with Crippen molar-refractivity contribution < 1.29 is 4.79 Å². The Balaban J connectivity index is 2.51. The molecule has 0 heterocycles. The summed E-state index contributed by atoms with van der Waals surface area (Å²) in [5.74, 6) is 0.280. The smallest absolute Gasteiger partial charge is 0.219 e. The van der Waals surface area contributed by atoms with E-state index in [1.165, 1.54) is 12.8 Å². The highest BCUT2D eigenvalue weighted by Gasteiger charge is 2.42. The van der Waals surface area contributed by atoms with E-state index in [9.17, 15) is 4.79 Å². The molecule has 12 heavy (non-hydrogen) atoms. The van der Waals surface area contributed by atoms with E-state index < -0.39 is 0 Å². The van der Waals surface area contributed by atoms with Crippen molar-refractivity contribution in [2.24, 2.45) is 17.4 Å². The van der Waals surface area contributed by atoms with E-state index in [-0.39, 0.29) is 11.4 Å². The van der Waals surface area contributed by atoms with Gasteiger partial charge in [-0.3, -0.25) is 4.79 Å². The largest absolute Gasteiger partial charge is 0.370 e. The number of carbonyl (C=O) groups excluding carboxylic acids is 1. The highest BCUT2D eigenvalue weighted by Crippen LogP contribution is 2.42. The van der Waals surface area contributed by atoms with Crippen molar-refractivity contribution in [2.75, 3.05) is 0 Å². The number of primary amides is 1. The number of carbonyl (C=O) groups is 1. The highest BCUT2D eigenvalue weighted by molar-refractivity contribution is 5.75. The Morgan fingerprint density at radius 1 is 1.58 bits per heavy atom. The van der Waals surface area contributed by atoms with Crippen LogP contribution in [0.5, 0.6) is 0 Å². The van der Waals surface area contributed by atoms with Crippen molar-refractivity contribution >= 4 is 5.91 Å². The molecule has 1 aliphatic carbocycles. The molecular weight excluding hydrogens is 152 g/mol. The first-order chi connectivity index (χ1) is 5.58. The molecule has 0 saturated heterocycles. The minimum atomic E-state index is -0.291. The molecule has 0 aromatic carbocycles. The van der Waals surface area contributed by atoms with Crippen LogP contribution in [0.3, 0.4) is 0 Å². The molecule has 3 nitrogen and oxygen atoms in total. The van der Waals surface area contributed by atoms with Crippen LogP contribution in [-0.4, -0.2) is 11.4 Å². The quantitative estimate of drug-likeness (QED) is 0.640. The molecule has 0 aliphatic heterocycles. The van der Waals surface area contributed by atoms with Gasteiger partial charge >= 0.3 is 0 Å². The van der Waals surface area contributed by atoms with Crippen molar-refractivity contribution in [3.63, 3.8) is 0 Å². The Morgan fingerprint density at radius 2 is 2.17 bits per heavy atom. The Labute approximate surface area is 73.5 Å². The summed E-state index contributed by atoms with van der Waals surface area (Å²) in [4.78, 5) is 10.8. The summed E-state index contributed by atoms with van der Waals surface area (Å²) in [5, 5.41) is 0. The van der Waals surface area contributed by atoms with Crippen molar-refractivity contribution in [1.29, 1.82) is 0 Å². The highest BCUT2D eigenvalue weighted by atomic mass is 16.1. The first-order valence-electron chi connectivity index (χ1n) is 4.65. The van der Waals surface area contributed by atoms with E-state index in [0.717, 1.165) is 12.8 Å². The van der Waals surface area contributed by atoms with Crippen molar-refractivity contribution in [3.05, 3.63) is 0 Å². The predicted octanol–water partition coefficient (Wildman–Crippen LogP) is 0.769. The van der Waals surface area contributed by atoms with Crippen LogP contribution in [-0.2, 0) is 4.79 Å². The molecule has 4 N–H and O–H groups in total. The average molecular weight is 170 g/mol. The van der Waals surface area contributed by atoms with Gasteiger partial charge in [-0.1, -0.05) is 13.3 Å². The maximum absolute atomic E-state index is 10.8. The Hall–Kier alpha value is -0.570. The first-order valence-corrected chi connectivity index (χ1v) is 4.65. The van der Waals surface area contributed by atoms with E-state index in [0.29, 0.717) is 12.3 Å². The monoisotopic (exact) mass is 170 g/mol. The van der Waals surface area contributed by atoms with E-state index in [1.54, 1.807) is 0 Å². The maximum atomic E-state index is 10.8. The van der Waals surface area contributed by atoms with Crippen LogP contribution < -0.4 is 11.5 Å². The molecule has 70 valence electrons. The number of hydrogen-bond acceptors (Lipinski definition) is 2. The molecule has 1 amide bonds. The van der Waals surface area contributed by atoms with E-state index in [2.05, 4.69) is 6.92 Å². The molecule has 0 bridgehead atoms. The third kappa shape index (κ3) is 2.21. The second kappa shape index (κ2) is 3.44. The molecule has 0 spiro atoms. The van der Waals surface area contributed by atoms with Crippen molar-refractivity contribution in [3.8, 4) is 0 Å². The van der Waals surface area contributed by atoms with Gasteiger partial charge < -0.3 is 11.5 Å². The summed E-state index contributed by atoms with van der Waals surface area (Å²) < 4.78 is 0. The maximum Gasteiger partial charge on any atom is 0.219 e. The standard InChI is InChI=1S/C9H18N2O/c1-2-5-9(11,6-8(10)12)7-3-4-7/h7H,2-6,11H2,1H3,(H2,10,12). The second-order valence-electron chi connectivity index (χ2n) is 3.90. The van der Waals surface area contributed by atoms with Gasteiger partial charge in [0.1, 0.15) is 0 Å². The molecule has 0 aromatic rings. The topological polar surface area (TPSA) is 69.1 Å². The summed E-state index contributed by atoms with van der Waals surface area (Å²) in [6.07, 6.45) is 4.64. The number of amides is 1. The van der Waals surface area contributed by atoms with Crippen LogP contribution in [0.15, 0.2) is 0 Å². The van der Waals surface area contributed by atoms with Gasteiger partial charge in [0, 0.05) is 12.0 Å². The molecule has 3 heteroatoms. The summed E-state index contributed by atoms with van der Waals surface area (Å²) >= 11 is 0. The van der Waals surface area contributed by atoms with E-state index in [4.69, 9.17) is 11.5 Å². The van der Waals surface area contributed by atoms with Gasteiger partial charge in [0.25, 0.3) is 0 Å². The van der Waals surface area contributed by atoms with E-state index >= 15 is 0 Å². The lowest BCUT2D eigenvalue weighted by Gasteiger charge is -2.27. The molecule has 1 fully saturated rings. The summed E-state index contributed by atoms with van der Waals surface area (Å²) in [6, 6.07) is 0. The summed E-state index contributed by atoms with van der Waals surface area (Å²) in [5.41, 5.74) is 11.0. The predicted molar refractivity (Wildman–Crippen MR) is 48.4 cm³/mol. The fraction of sp³-hybridized carbons (Fsp3) is 0.889. The van der Waals surface area contributed by atoms with Gasteiger partial charge in [0.05, 0.1) is 0 Å². The number of hydrogen-bond donors (Lipinski definition) is 2. The number of nitrogens with two attached hydrogens (primary N) is 2. The van der Waals surface area contributed by atoms with Gasteiger partial charge in [0.15, 0.2) is 0 Å². The second-order valence-corrected chi connectivity index (χ2v) is 3.90. The zero-order chi connectivity index (χ0) is 9.19. The van der Waals surface area contributed by atoms with Gasteiger partial charge in [-0.2, -0.15) is 0 Å². The van der Waals surface area contributed by atoms with Crippen molar-refractivity contribution in [1.82, 2.24) is 0 Å². The molecule has 0 radical (unpaired) electrons.